The van der Waals surface area contributed by atoms with Crippen LogP contribution in [0.1, 0.15) is 27.1 Å². The lowest BCUT2D eigenvalue weighted by atomic mass is 10.1. The third kappa shape index (κ3) is 4.83. The second-order valence-electron chi connectivity index (χ2n) is 7.37. The van der Waals surface area contributed by atoms with Gasteiger partial charge in [0.2, 0.25) is 5.95 Å². The molecule has 1 aromatic heterocycles. The number of aromatic nitrogens is 2. The molecule has 32 heavy (non-hydrogen) atoms. The molecule has 1 saturated heterocycles. The van der Waals surface area contributed by atoms with E-state index in [1.54, 1.807) is 36.7 Å². The van der Waals surface area contributed by atoms with Gasteiger partial charge in [0.25, 0.3) is 5.91 Å². The van der Waals surface area contributed by atoms with Crippen LogP contribution in [-0.2, 0) is 0 Å². The minimum atomic E-state index is -1.14. The third-order valence-corrected chi connectivity index (χ3v) is 5.28. The van der Waals surface area contributed by atoms with Crippen LogP contribution >= 0.6 is 0 Å². The molecule has 4 rings (SSSR count). The van der Waals surface area contributed by atoms with Gasteiger partial charge in [-0.15, -0.1) is 0 Å². The first-order valence-electron chi connectivity index (χ1n) is 10.2. The van der Waals surface area contributed by atoms with E-state index in [0.717, 1.165) is 25.2 Å². The molecule has 0 aliphatic carbocycles. The van der Waals surface area contributed by atoms with E-state index in [2.05, 4.69) is 25.1 Å². The number of rotatable bonds is 5. The number of nitrogens with one attached hydrogen (secondary N) is 1. The number of hydrogen-bond acceptors (Lipinski definition) is 6. The van der Waals surface area contributed by atoms with Gasteiger partial charge in [-0.05, 0) is 55.0 Å². The molecule has 9 heteroatoms. The average Bonchev–Trinajstić information content (AvgIpc) is 3.06. The molecular formula is C23H22FN5O3. The molecule has 0 atom stereocenters. The Morgan fingerprint density at radius 1 is 0.938 bits per heavy atom. The largest absolute Gasteiger partial charge is 0.478 e. The lowest BCUT2D eigenvalue weighted by Crippen LogP contribution is -2.31. The van der Waals surface area contributed by atoms with Crippen LogP contribution in [0.15, 0.2) is 60.9 Å². The van der Waals surface area contributed by atoms with Crippen molar-refractivity contribution in [2.45, 2.75) is 6.42 Å². The summed E-state index contributed by atoms with van der Waals surface area (Å²) in [5, 5.41) is 12.3. The summed E-state index contributed by atoms with van der Waals surface area (Å²) in [6.45, 7) is 2.94. The monoisotopic (exact) mass is 435 g/mol. The van der Waals surface area contributed by atoms with Crippen LogP contribution in [0.2, 0.25) is 0 Å². The van der Waals surface area contributed by atoms with E-state index in [4.69, 9.17) is 0 Å². The Hall–Kier alpha value is -4.01. The number of aromatic carboxylic acids is 1. The molecule has 0 saturated carbocycles. The fourth-order valence-electron chi connectivity index (χ4n) is 3.64. The maximum absolute atomic E-state index is 13.1. The number of carbonyl (C=O) groups is 2. The number of carboxylic acids is 1. The highest BCUT2D eigenvalue weighted by atomic mass is 19.1. The van der Waals surface area contributed by atoms with Crippen molar-refractivity contribution in [3.8, 4) is 0 Å². The molecule has 0 unspecified atom stereocenters. The first-order chi connectivity index (χ1) is 15.5. The molecule has 1 aliphatic heterocycles. The SMILES string of the molecule is O=C(Nc1ccc(N2CCCN(c3ncccn3)CC2)cc1C(=O)O)c1ccc(F)cc1. The standard InChI is InChI=1S/C23H22FN5O3/c24-17-5-3-16(4-6-17)21(30)27-20-8-7-18(15-19(20)22(31)32)28-11-2-12-29(14-13-28)23-25-9-1-10-26-23/h1,3-10,15H,2,11-14H2,(H,27,30)(H,31,32). The smallest absolute Gasteiger partial charge is 0.337 e. The minimum absolute atomic E-state index is 0.00884. The summed E-state index contributed by atoms with van der Waals surface area (Å²) in [6.07, 6.45) is 4.29. The zero-order valence-electron chi connectivity index (χ0n) is 17.2. The van der Waals surface area contributed by atoms with Gasteiger partial charge in [0.05, 0.1) is 11.3 Å². The third-order valence-electron chi connectivity index (χ3n) is 5.28. The van der Waals surface area contributed by atoms with Gasteiger partial charge in [0, 0.05) is 49.8 Å². The molecule has 0 radical (unpaired) electrons. The second kappa shape index (κ2) is 9.42. The van der Waals surface area contributed by atoms with Crippen molar-refractivity contribution in [3.05, 3.63) is 77.9 Å². The number of carboxylic acid groups (broad SMARTS) is 1. The molecule has 8 nitrogen and oxygen atoms in total. The van der Waals surface area contributed by atoms with E-state index in [1.807, 2.05) is 0 Å². The van der Waals surface area contributed by atoms with Crippen molar-refractivity contribution in [3.63, 3.8) is 0 Å². The molecule has 2 N–H and O–H groups in total. The van der Waals surface area contributed by atoms with Crippen LogP contribution in [0.25, 0.3) is 0 Å². The van der Waals surface area contributed by atoms with Gasteiger partial charge in [-0.2, -0.15) is 0 Å². The number of anilines is 3. The van der Waals surface area contributed by atoms with E-state index in [9.17, 15) is 19.1 Å². The number of nitrogens with zero attached hydrogens (tertiary/aromatic N) is 4. The van der Waals surface area contributed by atoms with Gasteiger partial charge < -0.3 is 20.2 Å². The van der Waals surface area contributed by atoms with E-state index in [0.29, 0.717) is 19.0 Å². The predicted octanol–water partition coefficient (Wildman–Crippen LogP) is 3.28. The van der Waals surface area contributed by atoms with E-state index >= 15 is 0 Å². The number of benzene rings is 2. The maximum Gasteiger partial charge on any atom is 0.337 e. The Morgan fingerprint density at radius 2 is 1.62 bits per heavy atom. The fraction of sp³-hybridized carbons (Fsp3) is 0.217. The van der Waals surface area contributed by atoms with Gasteiger partial charge in [0.15, 0.2) is 0 Å². The molecule has 3 aromatic rings. The van der Waals surface area contributed by atoms with Crippen LogP contribution in [0.5, 0.6) is 0 Å². The fourth-order valence-corrected chi connectivity index (χ4v) is 3.64. The molecule has 0 bridgehead atoms. The zero-order valence-corrected chi connectivity index (χ0v) is 17.2. The number of carbonyl (C=O) groups excluding carboxylic acids is 1. The van der Waals surface area contributed by atoms with Gasteiger partial charge >= 0.3 is 5.97 Å². The number of hydrogen-bond donors (Lipinski definition) is 2. The van der Waals surface area contributed by atoms with Crippen molar-refractivity contribution in [1.29, 1.82) is 0 Å². The van der Waals surface area contributed by atoms with Crippen molar-refractivity contribution in [1.82, 2.24) is 9.97 Å². The van der Waals surface area contributed by atoms with Crippen LogP contribution < -0.4 is 15.1 Å². The minimum Gasteiger partial charge on any atom is -0.478 e. The van der Waals surface area contributed by atoms with Crippen molar-refractivity contribution < 1.29 is 19.1 Å². The van der Waals surface area contributed by atoms with Gasteiger partial charge in [-0.1, -0.05) is 0 Å². The Kier molecular flexibility index (Phi) is 6.25. The second-order valence-corrected chi connectivity index (χ2v) is 7.37. The summed E-state index contributed by atoms with van der Waals surface area (Å²) in [7, 11) is 0. The number of halogens is 1. The maximum atomic E-state index is 13.1. The van der Waals surface area contributed by atoms with Gasteiger partial charge in [-0.25, -0.2) is 19.2 Å². The molecule has 0 spiro atoms. The molecule has 1 amide bonds. The Labute approximate surface area is 184 Å². The van der Waals surface area contributed by atoms with Gasteiger partial charge in [-0.3, -0.25) is 4.79 Å². The summed E-state index contributed by atoms with van der Waals surface area (Å²) in [5.41, 5.74) is 1.18. The molecule has 2 heterocycles. The summed E-state index contributed by atoms with van der Waals surface area (Å²) >= 11 is 0. The topological polar surface area (TPSA) is 98.7 Å². The lowest BCUT2D eigenvalue weighted by molar-refractivity contribution is 0.0698. The van der Waals surface area contributed by atoms with Crippen molar-refractivity contribution in [2.75, 3.05) is 41.3 Å². The lowest BCUT2D eigenvalue weighted by Gasteiger charge is -2.24. The summed E-state index contributed by atoms with van der Waals surface area (Å²) in [6, 6.07) is 11.8. The molecular weight excluding hydrogens is 413 g/mol. The highest BCUT2D eigenvalue weighted by Gasteiger charge is 2.20. The van der Waals surface area contributed by atoms with Crippen LogP contribution in [0, 0.1) is 5.82 Å². The Morgan fingerprint density at radius 3 is 2.34 bits per heavy atom. The Bertz CT molecular complexity index is 1110. The Balaban J connectivity index is 1.50. The average molecular weight is 435 g/mol. The highest BCUT2D eigenvalue weighted by Crippen LogP contribution is 2.25. The van der Waals surface area contributed by atoms with E-state index in [1.165, 1.54) is 24.3 Å². The molecule has 2 aromatic carbocycles. The van der Waals surface area contributed by atoms with E-state index in [-0.39, 0.29) is 16.8 Å². The van der Waals surface area contributed by atoms with Crippen molar-refractivity contribution >= 4 is 29.2 Å². The highest BCUT2D eigenvalue weighted by molar-refractivity contribution is 6.08. The zero-order chi connectivity index (χ0) is 22.5. The predicted molar refractivity (Wildman–Crippen MR) is 119 cm³/mol. The van der Waals surface area contributed by atoms with E-state index < -0.39 is 17.7 Å². The van der Waals surface area contributed by atoms with Crippen LogP contribution in [0.3, 0.4) is 0 Å². The number of amides is 1. The van der Waals surface area contributed by atoms with Crippen LogP contribution in [-0.4, -0.2) is 53.1 Å². The quantitative estimate of drug-likeness (QED) is 0.635. The first kappa shape index (κ1) is 21.2. The first-order valence-corrected chi connectivity index (χ1v) is 10.2. The molecule has 1 fully saturated rings. The van der Waals surface area contributed by atoms with Crippen molar-refractivity contribution in [2.24, 2.45) is 0 Å². The molecule has 1 aliphatic rings. The van der Waals surface area contributed by atoms with Crippen LogP contribution in [0.4, 0.5) is 21.7 Å². The summed E-state index contributed by atoms with van der Waals surface area (Å²) in [5.74, 6) is -1.42. The summed E-state index contributed by atoms with van der Waals surface area (Å²) < 4.78 is 13.1. The summed E-state index contributed by atoms with van der Waals surface area (Å²) in [4.78, 5) is 37.2. The normalized spacial score (nSPS) is 14.0. The van der Waals surface area contributed by atoms with Gasteiger partial charge in [0.1, 0.15) is 5.82 Å². The molecule has 164 valence electrons.